The summed E-state index contributed by atoms with van der Waals surface area (Å²) in [7, 11) is -3.55. The molecule has 0 aromatic heterocycles. The molecule has 0 atom stereocenters. The number of nitrogens with one attached hydrogen (secondary N) is 2. The van der Waals surface area contributed by atoms with E-state index in [0.717, 1.165) is 12.0 Å². The number of carbonyl (C=O) groups excluding carboxylic acids is 1. The monoisotopic (exact) mass is 376 g/mol. The van der Waals surface area contributed by atoms with E-state index in [4.69, 9.17) is 4.74 Å². The number of anilines is 1. The first-order valence-corrected chi connectivity index (χ1v) is 9.92. The second-order valence-corrected chi connectivity index (χ2v) is 7.85. The SMILES string of the molecule is CCc1cccc(OCC(=O)Nc2ccc(S(=O)(=O)NC(C)C)cc2)c1. The molecule has 0 spiro atoms. The Bertz CT molecular complexity index is 846. The van der Waals surface area contributed by atoms with Crippen molar-refractivity contribution in [3.63, 3.8) is 0 Å². The van der Waals surface area contributed by atoms with Gasteiger partial charge in [0.05, 0.1) is 4.90 Å². The summed E-state index contributed by atoms with van der Waals surface area (Å²) >= 11 is 0. The maximum atomic E-state index is 12.1. The topological polar surface area (TPSA) is 84.5 Å². The van der Waals surface area contributed by atoms with Crippen molar-refractivity contribution >= 4 is 21.6 Å². The quantitative estimate of drug-likeness (QED) is 0.742. The molecule has 0 aliphatic heterocycles. The van der Waals surface area contributed by atoms with E-state index in [9.17, 15) is 13.2 Å². The van der Waals surface area contributed by atoms with E-state index in [-0.39, 0.29) is 23.5 Å². The zero-order valence-corrected chi connectivity index (χ0v) is 16.0. The fourth-order valence-corrected chi connectivity index (χ4v) is 3.55. The standard InChI is InChI=1S/C19H24N2O4S/c1-4-15-6-5-7-17(12-15)25-13-19(22)20-16-8-10-18(11-9-16)26(23,24)21-14(2)3/h5-12,14,21H,4,13H2,1-3H3,(H,20,22). The Morgan fingerprint density at radius 3 is 2.42 bits per heavy atom. The van der Waals surface area contributed by atoms with Gasteiger partial charge >= 0.3 is 0 Å². The summed E-state index contributed by atoms with van der Waals surface area (Å²) in [4.78, 5) is 12.2. The van der Waals surface area contributed by atoms with Gasteiger partial charge in [-0.2, -0.15) is 0 Å². The van der Waals surface area contributed by atoms with Crippen LogP contribution in [0.3, 0.4) is 0 Å². The van der Waals surface area contributed by atoms with Gasteiger partial charge in [-0.3, -0.25) is 4.79 Å². The lowest BCUT2D eigenvalue weighted by atomic mass is 10.2. The van der Waals surface area contributed by atoms with Gasteiger partial charge in [0.2, 0.25) is 10.0 Å². The van der Waals surface area contributed by atoms with Crippen LogP contribution in [0.15, 0.2) is 53.4 Å². The van der Waals surface area contributed by atoms with Crippen molar-refractivity contribution in [2.24, 2.45) is 0 Å². The molecule has 0 bridgehead atoms. The third-order valence-corrected chi connectivity index (χ3v) is 5.19. The highest BCUT2D eigenvalue weighted by atomic mass is 32.2. The molecule has 2 N–H and O–H groups in total. The van der Waals surface area contributed by atoms with E-state index in [1.165, 1.54) is 12.1 Å². The largest absolute Gasteiger partial charge is 0.484 e. The average Bonchev–Trinajstić information content (AvgIpc) is 2.59. The van der Waals surface area contributed by atoms with Crippen LogP contribution in [0, 0.1) is 0 Å². The summed E-state index contributed by atoms with van der Waals surface area (Å²) in [6, 6.07) is 13.4. The Morgan fingerprint density at radius 2 is 1.81 bits per heavy atom. The number of hydrogen-bond donors (Lipinski definition) is 2. The minimum Gasteiger partial charge on any atom is -0.484 e. The molecular formula is C19H24N2O4S. The molecule has 0 aliphatic carbocycles. The highest BCUT2D eigenvalue weighted by Crippen LogP contribution is 2.16. The van der Waals surface area contributed by atoms with Gasteiger partial charge in [0.25, 0.3) is 5.91 Å². The van der Waals surface area contributed by atoms with E-state index < -0.39 is 10.0 Å². The number of sulfonamides is 1. The van der Waals surface area contributed by atoms with Crippen molar-refractivity contribution in [3.8, 4) is 5.75 Å². The Kier molecular flexibility index (Phi) is 6.76. The number of ether oxygens (including phenoxy) is 1. The summed E-state index contributed by atoms with van der Waals surface area (Å²) in [6.07, 6.45) is 0.893. The van der Waals surface area contributed by atoms with Crippen LogP contribution in [0.5, 0.6) is 5.75 Å². The molecule has 2 aromatic rings. The van der Waals surface area contributed by atoms with Crippen LogP contribution in [-0.4, -0.2) is 27.0 Å². The van der Waals surface area contributed by atoms with Crippen molar-refractivity contribution in [2.45, 2.75) is 38.1 Å². The molecule has 6 nitrogen and oxygen atoms in total. The maximum absolute atomic E-state index is 12.1. The first kappa shape index (κ1) is 19.9. The lowest BCUT2D eigenvalue weighted by Gasteiger charge is -2.11. The van der Waals surface area contributed by atoms with E-state index in [2.05, 4.69) is 10.0 Å². The number of benzene rings is 2. The molecule has 26 heavy (non-hydrogen) atoms. The molecule has 7 heteroatoms. The highest BCUT2D eigenvalue weighted by Gasteiger charge is 2.15. The smallest absolute Gasteiger partial charge is 0.262 e. The van der Waals surface area contributed by atoms with Crippen molar-refractivity contribution in [1.29, 1.82) is 0 Å². The molecule has 1 amide bonds. The van der Waals surface area contributed by atoms with Gasteiger partial charge in [0, 0.05) is 11.7 Å². The summed E-state index contributed by atoms with van der Waals surface area (Å²) in [5.74, 6) is 0.323. The second kappa shape index (κ2) is 8.82. The second-order valence-electron chi connectivity index (χ2n) is 6.14. The molecule has 0 aliphatic rings. The predicted octanol–water partition coefficient (Wildman–Crippen LogP) is 2.95. The number of aryl methyl sites for hydroxylation is 1. The van der Waals surface area contributed by atoms with Crippen LogP contribution in [0.1, 0.15) is 26.3 Å². The molecule has 0 heterocycles. The lowest BCUT2D eigenvalue weighted by molar-refractivity contribution is -0.118. The highest BCUT2D eigenvalue weighted by molar-refractivity contribution is 7.89. The molecule has 2 aromatic carbocycles. The van der Waals surface area contributed by atoms with Gasteiger partial charge in [0.1, 0.15) is 5.75 Å². The molecule has 2 rings (SSSR count). The molecular weight excluding hydrogens is 352 g/mol. The van der Waals surface area contributed by atoms with Crippen molar-refractivity contribution in [2.75, 3.05) is 11.9 Å². The van der Waals surface area contributed by atoms with Gasteiger partial charge in [-0.05, 0) is 62.2 Å². The molecule has 0 saturated carbocycles. The summed E-state index contributed by atoms with van der Waals surface area (Å²) in [5.41, 5.74) is 1.64. The Hall–Kier alpha value is -2.38. The average molecular weight is 376 g/mol. The van der Waals surface area contributed by atoms with Gasteiger partial charge < -0.3 is 10.1 Å². The van der Waals surface area contributed by atoms with Crippen LogP contribution < -0.4 is 14.8 Å². The van der Waals surface area contributed by atoms with Crippen LogP contribution in [-0.2, 0) is 21.2 Å². The minimum atomic E-state index is -3.55. The minimum absolute atomic E-state index is 0.123. The summed E-state index contributed by atoms with van der Waals surface area (Å²) in [6.45, 7) is 5.43. The third-order valence-electron chi connectivity index (χ3n) is 3.52. The summed E-state index contributed by atoms with van der Waals surface area (Å²) in [5, 5.41) is 2.68. The van der Waals surface area contributed by atoms with E-state index in [0.29, 0.717) is 11.4 Å². The van der Waals surface area contributed by atoms with E-state index in [1.54, 1.807) is 32.0 Å². The van der Waals surface area contributed by atoms with Crippen LogP contribution in [0.4, 0.5) is 5.69 Å². The normalized spacial score (nSPS) is 11.4. The van der Waals surface area contributed by atoms with E-state index >= 15 is 0 Å². The molecule has 0 fully saturated rings. The van der Waals surface area contributed by atoms with Crippen molar-refractivity contribution in [3.05, 3.63) is 54.1 Å². The fraction of sp³-hybridized carbons (Fsp3) is 0.316. The zero-order valence-electron chi connectivity index (χ0n) is 15.2. The van der Waals surface area contributed by atoms with Crippen molar-refractivity contribution in [1.82, 2.24) is 4.72 Å². The Morgan fingerprint density at radius 1 is 1.12 bits per heavy atom. The van der Waals surface area contributed by atoms with Crippen molar-refractivity contribution < 1.29 is 17.9 Å². The first-order chi connectivity index (χ1) is 12.3. The van der Waals surface area contributed by atoms with Gasteiger partial charge in [0.15, 0.2) is 6.61 Å². The summed E-state index contributed by atoms with van der Waals surface area (Å²) < 4.78 is 32.1. The molecule has 140 valence electrons. The fourth-order valence-electron chi connectivity index (χ4n) is 2.30. The van der Waals surface area contributed by atoms with Crippen LogP contribution >= 0.6 is 0 Å². The predicted molar refractivity (Wildman–Crippen MR) is 102 cm³/mol. The Labute approximate surface area is 154 Å². The van der Waals surface area contributed by atoms with E-state index in [1.807, 2.05) is 25.1 Å². The number of amides is 1. The van der Waals surface area contributed by atoms with Gasteiger partial charge in [-0.1, -0.05) is 19.1 Å². The third kappa shape index (κ3) is 5.86. The maximum Gasteiger partial charge on any atom is 0.262 e. The Balaban J connectivity index is 1.93. The van der Waals surface area contributed by atoms with Crippen LogP contribution in [0.2, 0.25) is 0 Å². The first-order valence-electron chi connectivity index (χ1n) is 8.44. The molecule has 0 saturated heterocycles. The van der Waals surface area contributed by atoms with Gasteiger partial charge in [-0.25, -0.2) is 13.1 Å². The van der Waals surface area contributed by atoms with Crippen LogP contribution in [0.25, 0.3) is 0 Å². The van der Waals surface area contributed by atoms with Gasteiger partial charge in [-0.15, -0.1) is 0 Å². The number of carbonyl (C=O) groups is 1. The number of hydrogen-bond acceptors (Lipinski definition) is 4. The number of rotatable bonds is 8. The molecule has 0 radical (unpaired) electrons. The zero-order chi connectivity index (χ0) is 19.2. The lowest BCUT2D eigenvalue weighted by Crippen LogP contribution is -2.30. The molecule has 0 unspecified atom stereocenters.